The zero-order valence-corrected chi connectivity index (χ0v) is 15.4. The van der Waals surface area contributed by atoms with Crippen LogP contribution in [0.15, 0.2) is 54.2 Å². The molecule has 0 atom stereocenters. The maximum Gasteiger partial charge on any atom is 0.221 e. The number of anilines is 1. The predicted molar refractivity (Wildman–Crippen MR) is 113 cm³/mol. The van der Waals surface area contributed by atoms with Crippen LogP contribution in [0.1, 0.15) is 18.1 Å². The molecule has 3 rings (SSSR count). The van der Waals surface area contributed by atoms with Gasteiger partial charge < -0.3 is 11.1 Å². The third-order valence-corrected chi connectivity index (χ3v) is 4.47. The maximum absolute atomic E-state index is 11.2. The fourth-order valence-corrected chi connectivity index (χ4v) is 3.18. The third kappa shape index (κ3) is 4.24. The van der Waals surface area contributed by atoms with Gasteiger partial charge in [-0.2, -0.15) is 5.10 Å². The topological polar surface area (TPSA) is 120 Å². The number of aromatic amines is 1. The molecule has 0 aliphatic carbocycles. The van der Waals surface area contributed by atoms with Crippen LogP contribution in [0.3, 0.4) is 0 Å². The standard InChI is InChI=1S/C19H18N6OS/c1-3-14-15-10-22-25-17(15)8-7-16(14)24-19(21)27-18(20)12-5-4-6-13(9-12)23-11(2)26/h3-10,20H,1H2,2H3,(H2,21,24)(H,22,25)(H,23,26). The lowest BCUT2D eigenvalue weighted by Crippen LogP contribution is -2.11. The summed E-state index contributed by atoms with van der Waals surface area (Å²) in [6.45, 7) is 5.27. The van der Waals surface area contributed by atoms with Gasteiger partial charge in [0.05, 0.1) is 17.4 Å². The number of nitrogens with one attached hydrogen (secondary N) is 3. The Labute approximate surface area is 160 Å². The van der Waals surface area contributed by atoms with Crippen molar-refractivity contribution in [3.8, 4) is 0 Å². The van der Waals surface area contributed by atoms with Crippen molar-refractivity contribution >= 4 is 56.2 Å². The van der Waals surface area contributed by atoms with Crippen molar-refractivity contribution in [1.29, 1.82) is 5.41 Å². The van der Waals surface area contributed by atoms with Gasteiger partial charge in [-0.15, -0.1) is 0 Å². The van der Waals surface area contributed by atoms with Gasteiger partial charge in [0.15, 0.2) is 5.17 Å². The van der Waals surface area contributed by atoms with Crippen LogP contribution in [0.4, 0.5) is 11.4 Å². The van der Waals surface area contributed by atoms with Gasteiger partial charge in [-0.3, -0.25) is 15.3 Å². The Kier molecular flexibility index (Phi) is 5.37. The van der Waals surface area contributed by atoms with Crippen LogP contribution >= 0.6 is 11.8 Å². The van der Waals surface area contributed by atoms with Gasteiger partial charge >= 0.3 is 0 Å². The van der Waals surface area contributed by atoms with Crippen LogP contribution in [0.25, 0.3) is 17.0 Å². The number of aliphatic imine (C=N–C) groups is 1. The van der Waals surface area contributed by atoms with Gasteiger partial charge in [0.25, 0.3) is 0 Å². The summed E-state index contributed by atoms with van der Waals surface area (Å²) < 4.78 is 0. The van der Waals surface area contributed by atoms with Gasteiger partial charge in [-0.1, -0.05) is 24.8 Å². The van der Waals surface area contributed by atoms with E-state index < -0.39 is 0 Å². The molecule has 0 fully saturated rings. The summed E-state index contributed by atoms with van der Waals surface area (Å²) >= 11 is 1.04. The van der Waals surface area contributed by atoms with Crippen LogP contribution in [0.5, 0.6) is 0 Å². The second kappa shape index (κ2) is 7.88. The van der Waals surface area contributed by atoms with E-state index in [1.54, 1.807) is 36.5 Å². The molecule has 8 heteroatoms. The summed E-state index contributed by atoms with van der Waals surface area (Å²) in [5.41, 5.74) is 9.68. The van der Waals surface area contributed by atoms with Gasteiger partial charge in [0.1, 0.15) is 5.04 Å². The highest BCUT2D eigenvalue weighted by molar-refractivity contribution is 8.26. The van der Waals surface area contributed by atoms with Gasteiger partial charge in [0.2, 0.25) is 5.91 Å². The molecule has 0 aliphatic rings. The second-order valence-corrected chi connectivity index (χ2v) is 6.71. The number of thioether (sulfide) groups is 1. The fraction of sp³-hybridized carbons (Fsp3) is 0.0526. The SMILES string of the molecule is C=Cc1c(N=C(N)SC(=N)c2cccc(NC(C)=O)c2)ccc2[nH]ncc12. The van der Waals surface area contributed by atoms with Crippen LogP contribution in [-0.4, -0.2) is 26.3 Å². The molecule has 7 nitrogen and oxygen atoms in total. The molecule has 27 heavy (non-hydrogen) atoms. The first-order valence-corrected chi connectivity index (χ1v) is 8.86. The average molecular weight is 378 g/mol. The molecule has 0 spiro atoms. The van der Waals surface area contributed by atoms with Crippen molar-refractivity contribution in [1.82, 2.24) is 10.2 Å². The van der Waals surface area contributed by atoms with E-state index in [1.165, 1.54) is 6.92 Å². The first-order chi connectivity index (χ1) is 13.0. The Morgan fingerprint density at radius 1 is 1.41 bits per heavy atom. The summed E-state index contributed by atoms with van der Waals surface area (Å²) in [7, 11) is 0. The molecule has 0 saturated carbocycles. The minimum atomic E-state index is -0.168. The summed E-state index contributed by atoms with van der Waals surface area (Å²) in [5.74, 6) is -0.168. The number of nitrogens with zero attached hydrogens (tertiary/aromatic N) is 2. The Balaban J connectivity index is 1.82. The molecule has 1 amide bonds. The zero-order chi connectivity index (χ0) is 19.4. The highest BCUT2D eigenvalue weighted by Crippen LogP contribution is 2.29. The highest BCUT2D eigenvalue weighted by atomic mass is 32.2. The number of hydrogen-bond acceptors (Lipinski definition) is 5. The first-order valence-electron chi connectivity index (χ1n) is 8.05. The van der Waals surface area contributed by atoms with Crippen molar-refractivity contribution in [2.45, 2.75) is 6.92 Å². The first kappa shape index (κ1) is 18.4. The van der Waals surface area contributed by atoms with E-state index in [1.807, 2.05) is 12.1 Å². The van der Waals surface area contributed by atoms with Crippen LogP contribution < -0.4 is 11.1 Å². The summed E-state index contributed by atoms with van der Waals surface area (Å²) in [6, 6.07) is 10.7. The number of nitrogens with two attached hydrogens (primary N) is 1. The van der Waals surface area contributed by atoms with E-state index in [0.29, 0.717) is 16.9 Å². The molecule has 0 radical (unpaired) electrons. The lowest BCUT2D eigenvalue weighted by molar-refractivity contribution is -0.114. The minimum absolute atomic E-state index is 0.168. The molecule has 0 aliphatic heterocycles. The van der Waals surface area contributed by atoms with Crippen LogP contribution in [0.2, 0.25) is 0 Å². The van der Waals surface area contributed by atoms with Gasteiger partial charge in [-0.05, 0) is 36.0 Å². The smallest absolute Gasteiger partial charge is 0.221 e. The van der Waals surface area contributed by atoms with E-state index in [0.717, 1.165) is 28.2 Å². The number of carbonyl (C=O) groups is 1. The summed E-state index contributed by atoms with van der Waals surface area (Å²) in [5, 5.41) is 19.3. The second-order valence-electron chi connectivity index (χ2n) is 5.68. The van der Waals surface area contributed by atoms with Crippen LogP contribution in [0, 0.1) is 5.41 Å². The number of hydrogen-bond donors (Lipinski definition) is 4. The molecule has 1 heterocycles. The molecule has 0 saturated heterocycles. The minimum Gasteiger partial charge on any atom is -0.378 e. The Morgan fingerprint density at radius 3 is 2.96 bits per heavy atom. The molecule has 0 unspecified atom stereocenters. The van der Waals surface area contributed by atoms with Crippen molar-refractivity contribution in [2.24, 2.45) is 10.7 Å². The molecule has 136 valence electrons. The molecule has 3 aromatic rings. The molecule has 0 bridgehead atoms. The number of amidine groups is 1. The Morgan fingerprint density at radius 2 is 2.22 bits per heavy atom. The fourth-order valence-electron chi connectivity index (χ4n) is 2.59. The molecule has 5 N–H and O–H groups in total. The molecular weight excluding hydrogens is 360 g/mol. The summed E-state index contributed by atoms with van der Waals surface area (Å²) in [4.78, 5) is 15.6. The molecular formula is C19H18N6OS. The lowest BCUT2D eigenvalue weighted by atomic mass is 10.1. The lowest BCUT2D eigenvalue weighted by Gasteiger charge is -2.08. The third-order valence-electron chi connectivity index (χ3n) is 3.73. The number of amides is 1. The molecule has 1 aromatic heterocycles. The van der Waals surface area contributed by atoms with Crippen LogP contribution in [-0.2, 0) is 4.79 Å². The van der Waals surface area contributed by atoms with Crippen molar-refractivity contribution in [2.75, 3.05) is 5.32 Å². The Bertz CT molecular complexity index is 1070. The van der Waals surface area contributed by atoms with Gasteiger partial charge in [0, 0.05) is 29.1 Å². The van der Waals surface area contributed by atoms with E-state index in [4.69, 9.17) is 11.1 Å². The van der Waals surface area contributed by atoms with Crippen molar-refractivity contribution < 1.29 is 4.79 Å². The van der Waals surface area contributed by atoms with E-state index in [9.17, 15) is 4.79 Å². The maximum atomic E-state index is 11.2. The zero-order valence-electron chi connectivity index (χ0n) is 14.6. The number of fused-ring (bicyclic) bond motifs is 1. The normalized spacial score (nSPS) is 11.4. The monoisotopic (exact) mass is 378 g/mol. The Hall–Kier alpha value is -3.39. The average Bonchev–Trinajstić information content (AvgIpc) is 3.10. The number of rotatable bonds is 4. The van der Waals surface area contributed by atoms with E-state index >= 15 is 0 Å². The number of aromatic nitrogens is 2. The van der Waals surface area contributed by atoms with Crippen molar-refractivity contribution in [3.05, 3.63) is 60.3 Å². The summed E-state index contributed by atoms with van der Waals surface area (Å²) in [6.07, 6.45) is 3.42. The number of benzene rings is 2. The number of H-pyrrole nitrogens is 1. The van der Waals surface area contributed by atoms with E-state index in [2.05, 4.69) is 27.1 Å². The predicted octanol–water partition coefficient (Wildman–Crippen LogP) is 3.87. The largest absolute Gasteiger partial charge is 0.378 e. The number of carbonyl (C=O) groups excluding carboxylic acids is 1. The highest BCUT2D eigenvalue weighted by Gasteiger charge is 2.10. The van der Waals surface area contributed by atoms with Crippen molar-refractivity contribution in [3.63, 3.8) is 0 Å². The van der Waals surface area contributed by atoms with Gasteiger partial charge in [-0.25, -0.2) is 4.99 Å². The van der Waals surface area contributed by atoms with E-state index in [-0.39, 0.29) is 16.1 Å². The molecule has 2 aromatic carbocycles. The quantitative estimate of drug-likeness (QED) is 0.407.